The molecule has 0 aliphatic rings. The van der Waals surface area contributed by atoms with Gasteiger partial charge in [0.15, 0.2) is 0 Å². The SMILES string of the molecule is Cc1ccc(Oc2ccc(CCl)cn2)c([N+](=O)[O-])c1. The number of halogens is 1. The Balaban J connectivity index is 2.29. The molecule has 0 saturated heterocycles. The molecule has 0 spiro atoms. The van der Waals surface area contributed by atoms with Crippen LogP contribution in [-0.2, 0) is 5.88 Å². The van der Waals surface area contributed by atoms with Crippen molar-refractivity contribution in [2.24, 2.45) is 0 Å². The first-order chi connectivity index (χ1) is 9.10. The van der Waals surface area contributed by atoms with Gasteiger partial charge in [0.05, 0.1) is 4.92 Å². The molecule has 1 aromatic carbocycles. The standard InChI is InChI=1S/C13H11ClN2O3/c1-9-2-4-12(11(6-9)16(17)18)19-13-5-3-10(7-14)8-15-13/h2-6,8H,7H2,1H3. The molecule has 98 valence electrons. The molecule has 2 rings (SSSR count). The molecule has 0 amide bonds. The van der Waals surface area contributed by atoms with Crippen LogP contribution in [0.5, 0.6) is 11.6 Å². The van der Waals surface area contributed by atoms with Crippen molar-refractivity contribution in [1.82, 2.24) is 4.98 Å². The van der Waals surface area contributed by atoms with Crippen LogP contribution in [0.2, 0.25) is 0 Å². The Bertz CT molecular complexity index is 599. The first-order valence-corrected chi connectivity index (χ1v) is 6.07. The minimum atomic E-state index is -0.477. The van der Waals surface area contributed by atoms with E-state index in [0.29, 0.717) is 11.8 Å². The van der Waals surface area contributed by atoms with E-state index in [9.17, 15) is 10.1 Å². The van der Waals surface area contributed by atoms with Crippen LogP contribution < -0.4 is 4.74 Å². The van der Waals surface area contributed by atoms with Crippen LogP contribution >= 0.6 is 11.6 Å². The van der Waals surface area contributed by atoms with Crippen LogP contribution in [0.15, 0.2) is 36.5 Å². The molecule has 0 fully saturated rings. The van der Waals surface area contributed by atoms with E-state index in [0.717, 1.165) is 11.1 Å². The van der Waals surface area contributed by atoms with Gasteiger partial charge in [0, 0.05) is 24.2 Å². The molecule has 0 saturated carbocycles. The zero-order valence-corrected chi connectivity index (χ0v) is 10.9. The first-order valence-electron chi connectivity index (χ1n) is 5.54. The zero-order valence-electron chi connectivity index (χ0n) is 10.2. The second kappa shape index (κ2) is 5.67. The van der Waals surface area contributed by atoms with E-state index in [4.69, 9.17) is 16.3 Å². The van der Waals surface area contributed by atoms with Crippen molar-refractivity contribution in [3.8, 4) is 11.6 Å². The number of rotatable bonds is 4. The number of alkyl halides is 1. The molecule has 1 aromatic heterocycles. The van der Waals surface area contributed by atoms with Crippen LogP contribution in [0.4, 0.5) is 5.69 Å². The number of nitrogens with zero attached hydrogens (tertiary/aromatic N) is 2. The maximum atomic E-state index is 11.0. The number of hydrogen-bond acceptors (Lipinski definition) is 4. The zero-order chi connectivity index (χ0) is 13.8. The molecule has 0 unspecified atom stereocenters. The van der Waals surface area contributed by atoms with Gasteiger partial charge in [-0.2, -0.15) is 0 Å². The molecule has 0 bridgehead atoms. The topological polar surface area (TPSA) is 65.3 Å². The summed E-state index contributed by atoms with van der Waals surface area (Å²) in [6.07, 6.45) is 1.57. The summed E-state index contributed by atoms with van der Waals surface area (Å²) in [6, 6.07) is 8.15. The monoisotopic (exact) mass is 278 g/mol. The van der Waals surface area contributed by atoms with Crippen molar-refractivity contribution in [1.29, 1.82) is 0 Å². The molecule has 0 atom stereocenters. The normalized spacial score (nSPS) is 10.2. The molecule has 5 nitrogen and oxygen atoms in total. The Morgan fingerprint density at radius 3 is 2.74 bits per heavy atom. The fourth-order valence-corrected chi connectivity index (χ4v) is 1.68. The second-order valence-electron chi connectivity index (χ2n) is 3.97. The van der Waals surface area contributed by atoms with E-state index >= 15 is 0 Å². The highest BCUT2D eigenvalue weighted by molar-refractivity contribution is 6.17. The van der Waals surface area contributed by atoms with E-state index in [-0.39, 0.29) is 11.4 Å². The predicted molar refractivity (Wildman–Crippen MR) is 71.7 cm³/mol. The summed E-state index contributed by atoms with van der Waals surface area (Å²) < 4.78 is 5.43. The number of aromatic nitrogens is 1. The second-order valence-corrected chi connectivity index (χ2v) is 4.24. The lowest BCUT2D eigenvalue weighted by molar-refractivity contribution is -0.385. The Labute approximate surface area is 115 Å². The highest BCUT2D eigenvalue weighted by Gasteiger charge is 2.16. The van der Waals surface area contributed by atoms with E-state index in [1.807, 2.05) is 0 Å². The van der Waals surface area contributed by atoms with Crippen molar-refractivity contribution < 1.29 is 9.66 Å². The van der Waals surface area contributed by atoms with E-state index in [1.165, 1.54) is 6.07 Å². The molecule has 19 heavy (non-hydrogen) atoms. The highest BCUT2D eigenvalue weighted by Crippen LogP contribution is 2.31. The number of aryl methyl sites for hydroxylation is 1. The predicted octanol–water partition coefficient (Wildman–Crippen LogP) is 3.83. The maximum Gasteiger partial charge on any atom is 0.311 e. The molecule has 0 aliphatic carbocycles. The minimum absolute atomic E-state index is 0.0804. The van der Waals surface area contributed by atoms with Crippen molar-refractivity contribution in [2.45, 2.75) is 12.8 Å². The van der Waals surface area contributed by atoms with Gasteiger partial charge in [0.1, 0.15) is 0 Å². The summed E-state index contributed by atoms with van der Waals surface area (Å²) in [4.78, 5) is 14.5. The van der Waals surface area contributed by atoms with Crippen LogP contribution in [0, 0.1) is 17.0 Å². The van der Waals surface area contributed by atoms with Gasteiger partial charge in [0.2, 0.25) is 11.6 Å². The van der Waals surface area contributed by atoms with Crippen LogP contribution in [0.3, 0.4) is 0 Å². The third kappa shape index (κ3) is 3.20. The molecular formula is C13H11ClN2O3. The summed E-state index contributed by atoms with van der Waals surface area (Å²) in [5.41, 5.74) is 1.57. The van der Waals surface area contributed by atoms with Gasteiger partial charge >= 0.3 is 5.69 Å². The Kier molecular flexibility index (Phi) is 3.97. The summed E-state index contributed by atoms with van der Waals surface area (Å²) in [5, 5.41) is 11.0. The summed E-state index contributed by atoms with van der Waals surface area (Å²) in [5.74, 6) is 0.820. The number of nitro groups is 1. The fraction of sp³-hybridized carbons (Fsp3) is 0.154. The first kappa shape index (κ1) is 13.3. The van der Waals surface area contributed by atoms with Gasteiger partial charge < -0.3 is 4.74 Å². The number of ether oxygens (including phenoxy) is 1. The summed E-state index contributed by atoms with van der Waals surface area (Å²) >= 11 is 5.65. The lowest BCUT2D eigenvalue weighted by atomic mass is 10.2. The third-order valence-electron chi connectivity index (χ3n) is 2.48. The fourth-order valence-electron chi connectivity index (χ4n) is 1.52. The lowest BCUT2D eigenvalue weighted by Gasteiger charge is -2.06. The largest absolute Gasteiger partial charge is 0.432 e. The van der Waals surface area contributed by atoms with Crippen molar-refractivity contribution in [2.75, 3.05) is 0 Å². The summed E-state index contributed by atoms with van der Waals surface area (Å²) in [6.45, 7) is 1.78. The van der Waals surface area contributed by atoms with Gasteiger partial charge in [-0.1, -0.05) is 12.1 Å². The minimum Gasteiger partial charge on any atom is -0.432 e. The molecular weight excluding hydrogens is 268 g/mol. The number of hydrogen-bond donors (Lipinski definition) is 0. The molecule has 2 aromatic rings. The number of pyridine rings is 1. The van der Waals surface area contributed by atoms with Gasteiger partial charge in [-0.15, -0.1) is 11.6 Å². The van der Waals surface area contributed by atoms with Gasteiger partial charge in [-0.25, -0.2) is 4.98 Å². The maximum absolute atomic E-state index is 11.0. The van der Waals surface area contributed by atoms with E-state index in [2.05, 4.69) is 4.98 Å². The van der Waals surface area contributed by atoms with Crippen LogP contribution in [-0.4, -0.2) is 9.91 Å². The van der Waals surface area contributed by atoms with E-state index in [1.54, 1.807) is 37.4 Å². The quantitative estimate of drug-likeness (QED) is 0.484. The van der Waals surface area contributed by atoms with Gasteiger partial charge in [-0.05, 0) is 24.1 Å². The Hall–Kier alpha value is -2.14. The average Bonchev–Trinajstić information content (AvgIpc) is 2.41. The lowest BCUT2D eigenvalue weighted by Crippen LogP contribution is -1.95. The molecule has 1 heterocycles. The number of nitro benzene ring substituents is 1. The van der Waals surface area contributed by atoms with Gasteiger partial charge in [0.25, 0.3) is 0 Å². The van der Waals surface area contributed by atoms with Crippen molar-refractivity contribution in [3.63, 3.8) is 0 Å². The van der Waals surface area contributed by atoms with Crippen molar-refractivity contribution >= 4 is 17.3 Å². The van der Waals surface area contributed by atoms with Gasteiger partial charge in [-0.3, -0.25) is 10.1 Å². The smallest absolute Gasteiger partial charge is 0.311 e. The highest BCUT2D eigenvalue weighted by atomic mass is 35.5. The van der Waals surface area contributed by atoms with Crippen LogP contribution in [0.1, 0.15) is 11.1 Å². The Morgan fingerprint density at radius 2 is 2.16 bits per heavy atom. The molecule has 6 heteroatoms. The summed E-state index contributed by atoms with van der Waals surface area (Å²) in [7, 11) is 0. The third-order valence-corrected chi connectivity index (χ3v) is 2.79. The van der Waals surface area contributed by atoms with Crippen LogP contribution in [0.25, 0.3) is 0 Å². The molecule has 0 N–H and O–H groups in total. The average molecular weight is 279 g/mol. The molecule has 0 radical (unpaired) electrons. The Morgan fingerprint density at radius 1 is 1.37 bits per heavy atom. The number of benzene rings is 1. The van der Waals surface area contributed by atoms with E-state index < -0.39 is 4.92 Å². The van der Waals surface area contributed by atoms with Crippen molar-refractivity contribution in [3.05, 3.63) is 57.8 Å². The molecule has 0 aliphatic heterocycles.